The molecule has 6 nitrogen and oxygen atoms in total. The van der Waals surface area contributed by atoms with Gasteiger partial charge in [0.05, 0.1) is 0 Å². The molecule has 50 heavy (non-hydrogen) atoms. The van der Waals surface area contributed by atoms with Crippen LogP contribution in [0, 0.1) is 0 Å². The van der Waals surface area contributed by atoms with Gasteiger partial charge in [-0.2, -0.15) is 0 Å². The monoisotopic (exact) mass is 662 g/mol. The largest absolute Gasteiger partial charge is 0.486 e. The fourth-order valence-corrected chi connectivity index (χ4v) is 6.90. The molecular weight excluding hydrogens is 624 g/mol. The smallest absolute Gasteiger partial charge is 0.204 e. The second-order valence-electron chi connectivity index (χ2n) is 12.9. The maximum Gasteiger partial charge on any atom is 0.204 e. The van der Waals surface area contributed by atoms with Crippen LogP contribution in [0.5, 0.6) is 28.7 Å². The van der Waals surface area contributed by atoms with Crippen molar-refractivity contribution in [3.63, 3.8) is 0 Å². The summed E-state index contributed by atoms with van der Waals surface area (Å²) in [6.45, 7) is 1.60. The van der Waals surface area contributed by atoms with Crippen LogP contribution in [-0.2, 0) is 32.8 Å². The van der Waals surface area contributed by atoms with Gasteiger partial charge in [-0.05, 0) is 51.6 Å². The minimum Gasteiger partial charge on any atom is -0.486 e. The Morgan fingerprint density at radius 2 is 0.980 bits per heavy atom. The van der Waals surface area contributed by atoms with E-state index in [0.717, 1.165) is 38.9 Å². The van der Waals surface area contributed by atoms with Crippen molar-refractivity contribution in [1.29, 1.82) is 0 Å². The molecule has 2 aliphatic rings. The predicted molar refractivity (Wildman–Crippen MR) is 192 cm³/mol. The van der Waals surface area contributed by atoms with Crippen molar-refractivity contribution in [3.8, 4) is 28.7 Å². The second kappa shape index (κ2) is 14.0. The number of fused-ring (bicyclic) bond motifs is 5. The fourth-order valence-electron chi connectivity index (χ4n) is 6.90. The summed E-state index contributed by atoms with van der Waals surface area (Å²) in [6, 6.07) is 48.2. The molecule has 1 aliphatic heterocycles. The van der Waals surface area contributed by atoms with E-state index in [-0.39, 0.29) is 12.5 Å². The first kappa shape index (κ1) is 31.5. The van der Waals surface area contributed by atoms with Crippen LogP contribution in [0.3, 0.4) is 0 Å². The topological polar surface area (TPSA) is 66.4 Å². The van der Waals surface area contributed by atoms with Crippen molar-refractivity contribution in [2.45, 2.75) is 44.4 Å². The minimum absolute atomic E-state index is 0.101. The Labute approximate surface area is 292 Å². The Kier molecular flexibility index (Phi) is 8.85. The molecule has 0 bridgehead atoms. The first-order valence-corrected chi connectivity index (χ1v) is 17.0. The minimum atomic E-state index is -1.16. The van der Waals surface area contributed by atoms with Crippen LogP contribution in [0.4, 0.5) is 0 Å². The van der Waals surface area contributed by atoms with Gasteiger partial charge in [-0.15, -0.1) is 0 Å². The van der Waals surface area contributed by atoms with Gasteiger partial charge in [0, 0.05) is 17.9 Å². The highest BCUT2D eigenvalue weighted by molar-refractivity contribution is 5.64. The van der Waals surface area contributed by atoms with E-state index >= 15 is 0 Å². The third-order valence-corrected chi connectivity index (χ3v) is 9.37. The molecular formula is C44H38O6. The molecule has 250 valence electrons. The average molecular weight is 663 g/mol. The quantitative estimate of drug-likeness (QED) is 0.141. The Balaban J connectivity index is 1.16. The average Bonchev–Trinajstić information content (AvgIpc) is 3.47. The third-order valence-electron chi connectivity index (χ3n) is 9.37. The lowest BCUT2D eigenvalue weighted by atomic mass is 9.80. The normalized spacial score (nSPS) is 17.1. The Hall–Kier alpha value is -5.72. The van der Waals surface area contributed by atoms with Gasteiger partial charge in [-0.1, -0.05) is 127 Å². The molecule has 1 heterocycles. The molecule has 0 spiro atoms. The molecule has 0 aromatic heterocycles. The summed E-state index contributed by atoms with van der Waals surface area (Å²) in [7, 11) is 0. The number of rotatable bonds is 12. The van der Waals surface area contributed by atoms with E-state index < -0.39 is 5.60 Å². The van der Waals surface area contributed by atoms with Gasteiger partial charge in [0.1, 0.15) is 38.6 Å². The summed E-state index contributed by atoms with van der Waals surface area (Å²) >= 11 is 0. The maximum absolute atomic E-state index is 12.2. The standard InChI is InChI=1S/C44H38O6/c45-44-25-35-23-39(47-27-32-15-7-2-8-16-32)40(48-28-33-17-9-3-10-18-33)24-37(35)41(44)36-21-22-38(46-26-31-13-5-1-6-14-31)43(42(36)50-30-44)49-29-34-19-11-4-12-20-34/h1-24,41,45H,25-30H2. The van der Waals surface area contributed by atoms with Crippen molar-refractivity contribution in [2.24, 2.45) is 0 Å². The van der Waals surface area contributed by atoms with E-state index in [9.17, 15) is 5.11 Å². The third kappa shape index (κ3) is 6.63. The molecule has 0 saturated carbocycles. The van der Waals surface area contributed by atoms with Gasteiger partial charge in [0.2, 0.25) is 5.75 Å². The summed E-state index contributed by atoms with van der Waals surface area (Å²) in [6.07, 6.45) is 0.416. The van der Waals surface area contributed by atoms with Gasteiger partial charge in [0.25, 0.3) is 0 Å². The Bertz CT molecular complexity index is 2050. The van der Waals surface area contributed by atoms with Gasteiger partial charge < -0.3 is 28.8 Å². The molecule has 0 saturated heterocycles. The lowest BCUT2D eigenvalue weighted by Crippen LogP contribution is -2.44. The predicted octanol–water partition coefficient (Wildman–Crippen LogP) is 8.81. The molecule has 6 aromatic carbocycles. The first-order valence-electron chi connectivity index (χ1n) is 17.0. The fraction of sp³-hybridized carbons (Fsp3) is 0.182. The summed E-state index contributed by atoms with van der Waals surface area (Å²) < 4.78 is 32.1. The molecule has 2 atom stereocenters. The van der Waals surface area contributed by atoms with Crippen molar-refractivity contribution < 1.29 is 28.8 Å². The highest BCUT2D eigenvalue weighted by atomic mass is 16.5. The highest BCUT2D eigenvalue weighted by Crippen LogP contribution is 2.56. The SMILES string of the molecule is OC12COc3c(ccc(OCc4ccccc4)c3OCc3ccccc3)C1c1cc(OCc3ccccc3)c(OCc3ccccc3)cc1C2. The van der Waals surface area contributed by atoms with Crippen molar-refractivity contribution in [3.05, 3.63) is 185 Å². The van der Waals surface area contributed by atoms with E-state index in [1.165, 1.54) is 0 Å². The van der Waals surface area contributed by atoms with Gasteiger partial charge in [-0.25, -0.2) is 0 Å². The molecule has 0 fully saturated rings. The molecule has 1 N–H and O–H groups in total. The van der Waals surface area contributed by atoms with Gasteiger partial charge >= 0.3 is 0 Å². The zero-order chi connectivity index (χ0) is 33.8. The van der Waals surface area contributed by atoms with Crippen molar-refractivity contribution in [2.75, 3.05) is 6.61 Å². The molecule has 0 radical (unpaired) electrons. The van der Waals surface area contributed by atoms with Crippen LogP contribution in [0.25, 0.3) is 0 Å². The summed E-state index contributed by atoms with van der Waals surface area (Å²) in [5, 5.41) is 12.2. The summed E-state index contributed by atoms with van der Waals surface area (Å²) in [4.78, 5) is 0. The maximum atomic E-state index is 12.2. The molecule has 2 unspecified atom stereocenters. The molecule has 0 amide bonds. The number of hydrogen-bond donors (Lipinski definition) is 1. The molecule has 6 aromatic rings. The van der Waals surface area contributed by atoms with E-state index in [1.807, 2.05) is 146 Å². The highest BCUT2D eigenvalue weighted by Gasteiger charge is 2.51. The number of hydrogen-bond acceptors (Lipinski definition) is 6. The van der Waals surface area contributed by atoms with E-state index in [4.69, 9.17) is 23.7 Å². The number of aliphatic hydroxyl groups is 1. The van der Waals surface area contributed by atoms with Crippen LogP contribution in [0.2, 0.25) is 0 Å². The zero-order valence-electron chi connectivity index (χ0n) is 27.7. The van der Waals surface area contributed by atoms with Crippen molar-refractivity contribution >= 4 is 0 Å². The van der Waals surface area contributed by atoms with Gasteiger partial charge in [-0.3, -0.25) is 0 Å². The Morgan fingerprint density at radius 3 is 1.50 bits per heavy atom. The van der Waals surface area contributed by atoms with Gasteiger partial charge in [0.15, 0.2) is 23.0 Å². The zero-order valence-corrected chi connectivity index (χ0v) is 27.7. The number of benzene rings is 6. The summed E-state index contributed by atoms with van der Waals surface area (Å²) in [5.41, 5.74) is 5.86. The van der Waals surface area contributed by atoms with Crippen LogP contribution < -0.4 is 23.7 Å². The number of ether oxygens (including phenoxy) is 5. The Morgan fingerprint density at radius 1 is 0.520 bits per heavy atom. The van der Waals surface area contributed by atoms with Crippen LogP contribution in [-0.4, -0.2) is 17.3 Å². The lowest BCUT2D eigenvalue weighted by molar-refractivity contribution is -0.0232. The van der Waals surface area contributed by atoms with E-state index in [1.54, 1.807) is 0 Å². The van der Waals surface area contributed by atoms with E-state index in [0.29, 0.717) is 61.6 Å². The van der Waals surface area contributed by atoms with Crippen LogP contribution >= 0.6 is 0 Å². The molecule has 8 rings (SSSR count). The first-order chi connectivity index (χ1) is 24.6. The van der Waals surface area contributed by atoms with Crippen LogP contribution in [0.15, 0.2) is 146 Å². The second-order valence-corrected chi connectivity index (χ2v) is 12.9. The van der Waals surface area contributed by atoms with Crippen molar-refractivity contribution in [1.82, 2.24) is 0 Å². The van der Waals surface area contributed by atoms with E-state index in [2.05, 4.69) is 0 Å². The van der Waals surface area contributed by atoms with Crippen LogP contribution in [0.1, 0.15) is 44.9 Å². The lowest BCUT2D eigenvalue weighted by Gasteiger charge is -2.37. The molecule has 6 heteroatoms. The molecule has 1 aliphatic carbocycles. The summed E-state index contributed by atoms with van der Waals surface area (Å²) in [5.74, 6) is 2.61.